The van der Waals surface area contributed by atoms with E-state index in [9.17, 15) is 4.79 Å². The molecule has 1 atom stereocenters. The van der Waals surface area contributed by atoms with E-state index in [-0.39, 0.29) is 11.9 Å². The molecule has 1 aromatic carbocycles. The van der Waals surface area contributed by atoms with E-state index in [1.165, 1.54) is 0 Å². The lowest BCUT2D eigenvalue weighted by atomic mass is 10.3. The van der Waals surface area contributed by atoms with Gasteiger partial charge in [-0.15, -0.1) is 0 Å². The van der Waals surface area contributed by atoms with Gasteiger partial charge in [-0.05, 0) is 19.1 Å². The van der Waals surface area contributed by atoms with Crippen molar-refractivity contribution in [1.82, 2.24) is 0 Å². The summed E-state index contributed by atoms with van der Waals surface area (Å²) in [5.74, 6) is 1.28. The summed E-state index contributed by atoms with van der Waals surface area (Å²) in [5.41, 5.74) is 6.42. The number of nitrogens with two attached hydrogens (primary N) is 1. The van der Waals surface area contributed by atoms with Crippen LogP contribution in [0, 0.1) is 0 Å². The highest BCUT2D eigenvalue weighted by Gasteiger charge is 2.02. The number of carbonyl (C=O) groups excluding carboxylic acids is 1. The third kappa shape index (κ3) is 5.44. The van der Waals surface area contributed by atoms with Gasteiger partial charge in [0.15, 0.2) is 0 Å². The maximum Gasteiger partial charge on any atom is 0.234 e. The van der Waals surface area contributed by atoms with Crippen molar-refractivity contribution in [1.29, 1.82) is 0 Å². The molecule has 3 nitrogen and oxygen atoms in total. The summed E-state index contributed by atoms with van der Waals surface area (Å²) < 4.78 is 0. The quantitative estimate of drug-likeness (QED) is 0.800. The summed E-state index contributed by atoms with van der Waals surface area (Å²) in [6.45, 7) is 1.93. The highest BCUT2D eigenvalue weighted by atomic mass is 32.2. The number of carbonyl (C=O) groups is 1. The number of amides is 1. The Labute approximate surface area is 94.4 Å². The van der Waals surface area contributed by atoms with Gasteiger partial charge in [-0.3, -0.25) is 4.79 Å². The molecule has 0 radical (unpaired) electrons. The Morgan fingerprint density at radius 3 is 2.73 bits per heavy atom. The van der Waals surface area contributed by atoms with Crippen LogP contribution < -0.4 is 11.1 Å². The Morgan fingerprint density at radius 2 is 2.13 bits per heavy atom. The largest absolute Gasteiger partial charge is 0.327 e. The molecular weight excluding hydrogens is 208 g/mol. The summed E-state index contributed by atoms with van der Waals surface area (Å²) in [5, 5.41) is 2.82. The molecule has 0 aromatic heterocycles. The molecule has 15 heavy (non-hydrogen) atoms. The molecular formula is C11H16N2OS. The predicted molar refractivity (Wildman–Crippen MR) is 66.0 cm³/mol. The van der Waals surface area contributed by atoms with Crippen LogP contribution in [-0.4, -0.2) is 23.5 Å². The second-order valence-electron chi connectivity index (χ2n) is 3.41. The van der Waals surface area contributed by atoms with Crippen molar-refractivity contribution in [3.63, 3.8) is 0 Å². The molecule has 1 rings (SSSR count). The van der Waals surface area contributed by atoms with Crippen molar-refractivity contribution in [3.8, 4) is 0 Å². The van der Waals surface area contributed by atoms with E-state index >= 15 is 0 Å². The molecule has 3 N–H and O–H groups in total. The topological polar surface area (TPSA) is 55.1 Å². The van der Waals surface area contributed by atoms with Crippen molar-refractivity contribution in [2.45, 2.75) is 13.0 Å². The summed E-state index contributed by atoms with van der Waals surface area (Å²) in [4.78, 5) is 11.4. The minimum atomic E-state index is 0.0202. The van der Waals surface area contributed by atoms with Gasteiger partial charge in [-0.2, -0.15) is 11.8 Å². The van der Waals surface area contributed by atoms with Gasteiger partial charge in [0, 0.05) is 17.5 Å². The second kappa shape index (κ2) is 6.48. The van der Waals surface area contributed by atoms with E-state index in [0.717, 1.165) is 11.4 Å². The standard InChI is InChI=1S/C11H16N2OS/c1-9(12)7-15-8-11(14)13-10-5-3-2-4-6-10/h2-6,9H,7-8,12H2,1H3,(H,13,14). The molecule has 0 aliphatic heterocycles. The van der Waals surface area contributed by atoms with Gasteiger partial charge in [0.05, 0.1) is 5.75 Å². The van der Waals surface area contributed by atoms with Crippen molar-refractivity contribution in [2.24, 2.45) is 5.73 Å². The first-order valence-electron chi connectivity index (χ1n) is 4.86. The molecule has 0 heterocycles. The first-order chi connectivity index (χ1) is 7.18. The van der Waals surface area contributed by atoms with Crippen molar-refractivity contribution < 1.29 is 4.79 Å². The van der Waals surface area contributed by atoms with Crippen LogP contribution >= 0.6 is 11.8 Å². The van der Waals surface area contributed by atoms with E-state index in [2.05, 4.69) is 5.32 Å². The highest BCUT2D eigenvalue weighted by Crippen LogP contribution is 2.07. The molecule has 0 aliphatic carbocycles. The molecule has 4 heteroatoms. The number of para-hydroxylation sites is 1. The summed E-state index contributed by atoms with van der Waals surface area (Å²) in [6, 6.07) is 9.58. The molecule has 0 fully saturated rings. The Bertz CT molecular complexity index is 301. The van der Waals surface area contributed by atoms with Crippen LogP contribution in [0.4, 0.5) is 5.69 Å². The fourth-order valence-corrected chi connectivity index (χ4v) is 1.80. The predicted octanol–water partition coefficient (Wildman–Crippen LogP) is 1.71. The van der Waals surface area contributed by atoms with Crippen LogP contribution in [0.5, 0.6) is 0 Å². The number of thioether (sulfide) groups is 1. The number of nitrogens with one attached hydrogen (secondary N) is 1. The highest BCUT2D eigenvalue weighted by molar-refractivity contribution is 8.00. The molecule has 82 valence electrons. The van der Waals surface area contributed by atoms with Crippen molar-refractivity contribution >= 4 is 23.4 Å². The lowest BCUT2D eigenvalue weighted by molar-refractivity contribution is -0.113. The maximum atomic E-state index is 11.4. The smallest absolute Gasteiger partial charge is 0.234 e. The Hall–Kier alpha value is -1.00. The SMILES string of the molecule is CC(N)CSCC(=O)Nc1ccccc1. The Kier molecular flexibility index (Phi) is 5.21. The second-order valence-corrected chi connectivity index (χ2v) is 4.44. The summed E-state index contributed by atoms with van der Waals surface area (Å²) in [7, 11) is 0. The van der Waals surface area contributed by atoms with E-state index < -0.39 is 0 Å². The van der Waals surface area contributed by atoms with Gasteiger partial charge in [0.2, 0.25) is 5.91 Å². The van der Waals surface area contributed by atoms with Crippen molar-refractivity contribution in [3.05, 3.63) is 30.3 Å². The Morgan fingerprint density at radius 1 is 1.47 bits per heavy atom. The maximum absolute atomic E-state index is 11.4. The number of benzene rings is 1. The van der Waals surface area contributed by atoms with Crippen LogP contribution in [0.1, 0.15) is 6.92 Å². The van der Waals surface area contributed by atoms with Gasteiger partial charge < -0.3 is 11.1 Å². The lowest BCUT2D eigenvalue weighted by Gasteiger charge is -2.06. The number of hydrogen-bond donors (Lipinski definition) is 2. The number of rotatable bonds is 5. The zero-order chi connectivity index (χ0) is 11.1. The molecule has 0 bridgehead atoms. The van der Waals surface area contributed by atoms with Crippen LogP contribution in [-0.2, 0) is 4.79 Å². The van der Waals surface area contributed by atoms with E-state index in [1.807, 2.05) is 37.3 Å². The zero-order valence-electron chi connectivity index (χ0n) is 8.77. The van der Waals surface area contributed by atoms with Gasteiger partial charge in [-0.1, -0.05) is 18.2 Å². The van der Waals surface area contributed by atoms with Gasteiger partial charge in [0.25, 0.3) is 0 Å². The number of hydrogen-bond acceptors (Lipinski definition) is 3. The molecule has 1 unspecified atom stereocenters. The lowest BCUT2D eigenvalue weighted by Crippen LogP contribution is -2.20. The molecule has 0 aliphatic rings. The van der Waals surface area contributed by atoms with Crippen LogP contribution in [0.25, 0.3) is 0 Å². The van der Waals surface area contributed by atoms with Gasteiger partial charge in [0.1, 0.15) is 0 Å². The van der Waals surface area contributed by atoms with Crippen LogP contribution in [0.3, 0.4) is 0 Å². The molecule has 1 aromatic rings. The van der Waals surface area contributed by atoms with Crippen LogP contribution in [0.2, 0.25) is 0 Å². The fraction of sp³-hybridized carbons (Fsp3) is 0.364. The molecule has 1 amide bonds. The van der Waals surface area contributed by atoms with Crippen LogP contribution in [0.15, 0.2) is 30.3 Å². The van der Waals surface area contributed by atoms with E-state index in [4.69, 9.17) is 5.73 Å². The van der Waals surface area contributed by atoms with Crippen molar-refractivity contribution in [2.75, 3.05) is 16.8 Å². The summed E-state index contributed by atoms with van der Waals surface area (Å²) in [6.07, 6.45) is 0. The molecule has 0 saturated carbocycles. The average Bonchev–Trinajstić information content (AvgIpc) is 2.18. The summed E-state index contributed by atoms with van der Waals surface area (Å²) >= 11 is 1.55. The fourth-order valence-electron chi connectivity index (χ4n) is 1.06. The minimum absolute atomic E-state index is 0.0202. The third-order valence-electron chi connectivity index (χ3n) is 1.67. The first-order valence-corrected chi connectivity index (χ1v) is 6.02. The zero-order valence-corrected chi connectivity index (χ0v) is 9.59. The normalized spacial score (nSPS) is 12.1. The number of anilines is 1. The molecule has 0 saturated heterocycles. The minimum Gasteiger partial charge on any atom is -0.327 e. The molecule has 0 spiro atoms. The van der Waals surface area contributed by atoms with Gasteiger partial charge in [-0.25, -0.2) is 0 Å². The third-order valence-corrected chi connectivity index (χ3v) is 2.90. The van der Waals surface area contributed by atoms with Gasteiger partial charge >= 0.3 is 0 Å². The monoisotopic (exact) mass is 224 g/mol. The first kappa shape index (κ1) is 12.1. The van der Waals surface area contributed by atoms with E-state index in [1.54, 1.807) is 11.8 Å². The average molecular weight is 224 g/mol. The van der Waals surface area contributed by atoms with E-state index in [0.29, 0.717) is 5.75 Å². The Balaban J connectivity index is 2.25.